The van der Waals surface area contributed by atoms with Crippen LogP contribution in [0.5, 0.6) is 0 Å². The number of rotatable bonds is 5. The molecule has 0 saturated heterocycles. The molecule has 1 amide bonds. The number of carbonyl (C=O) groups excluding carboxylic acids is 1. The minimum atomic E-state index is -4.41. The van der Waals surface area contributed by atoms with Gasteiger partial charge in [-0.05, 0) is 42.7 Å². The van der Waals surface area contributed by atoms with Gasteiger partial charge < -0.3 is 14.4 Å². The first-order valence-corrected chi connectivity index (χ1v) is 7.56. The molecule has 0 radical (unpaired) electrons. The third kappa shape index (κ3) is 3.84. The van der Waals surface area contributed by atoms with Crippen molar-refractivity contribution in [1.29, 1.82) is 0 Å². The second kappa shape index (κ2) is 6.27. The third-order valence-corrected chi connectivity index (χ3v) is 3.91. The molecule has 0 aliphatic heterocycles. The summed E-state index contributed by atoms with van der Waals surface area (Å²) in [6.45, 7) is 0.130. The van der Waals surface area contributed by atoms with E-state index in [1.165, 1.54) is 29.2 Å². The van der Waals surface area contributed by atoms with Gasteiger partial charge in [-0.2, -0.15) is 13.2 Å². The molecule has 1 aromatic heterocycles. The highest BCUT2D eigenvalue weighted by Crippen LogP contribution is 2.32. The number of hydrogen-bond acceptors (Lipinski definition) is 3. The van der Waals surface area contributed by atoms with Crippen LogP contribution >= 0.6 is 0 Å². The molecule has 1 aliphatic carbocycles. The first-order valence-electron chi connectivity index (χ1n) is 7.56. The molecule has 25 heavy (non-hydrogen) atoms. The molecule has 3 rings (SSSR count). The zero-order chi connectivity index (χ0) is 18.2. The fourth-order valence-electron chi connectivity index (χ4n) is 2.46. The Morgan fingerprint density at radius 1 is 1.08 bits per heavy atom. The van der Waals surface area contributed by atoms with Gasteiger partial charge in [-0.1, -0.05) is 12.1 Å². The van der Waals surface area contributed by atoms with Crippen LogP contribution in [0.1, 0.15) is 45.1 Å². The SMILES string of the molecule is O=C(O)c1ccc(C(=O)N(Cc2ccc(C(F)(F)F)cc2)C2CC2)o1. The van der Waals surface area contributed by atoms with Gasteiger partial charge >= 0.3 is 12.1 Å². The first kappa shape index (κ1) is 17.1. The second-order valence-electron chi connectivity index (χ2n) is 5.83. The summed E-state index contributed by atoms with van der Waals surface area (Å²) in [6, 6.07) is 7.06. The number of alkyl halides is 3. The minimum absolute atomic E-state index is 0.0202. The van der Waals surface area contributed by atoms with Crippen molar-refractivity contribution < 1.29 is 32.3 Å². The van der Waals surface area contributed by atoms with Crippen molar-refractivity contribution in [3.05, 3.63) is 59.0 Å². The van der Waals surface area contributed by atoms with Gasteiger partial charge in [0.25, 0.3) is 5.91 Å². The molecule has 0 unspecified atom stereocenters. The summed E-state index contributed by atoms with van der Waals surface area (Å²) < 4.78 is 42.9. The van der Waals surface area contributed by atoms with Gasteiger partial charge in [0.2, 0.25) is 5.76 Å². The Morgan fingerprint density at radius 3 is 2.16 bits per heavy atom. The lowest BCUT2D eigenvalue weighted by Gasteiger charge is -2.21. The number of hydrogen-bond donors (Lipinski definition) is 1. The van der Waals surface area contributed by atoms with Crippen LogP contribution < -0.4 is 0 Å². The van der Waals surface area contributed by atoms with E-state index < -0.39 is 23.6 Å². The highest BCUT2D eigenvalue weighted by atomic mass is 19.4. The quantitative estimate of drug-likeness (QED) is 0.888. The Bertz CT molecular complexity index is 791. The van der Waals surface area contributed by atoms with Crippen LogP contribution in [0.15, 0.2) is 40.8 Å². The largest absolute Gasteiger partial charge is 0.475 e. The summed E-state index contributed by atoms with van der Waals surface area (Å²) in [6.07, 6.45) is -2.83. The molecule has 8 heteroatoms. The maximum absolute atomic E-state index is 12.6. The number of carboxylic acid groups (broad SMARTS) is 1. The number of furan rings is 1. The second-order valence-corrected chi connectivity index (χ2v) is 5.83. The molecule has 1 aromatic carbocycles. The van der Waals surface area contributed by atoms with Crippen molar-refractivity contribution in [3.63, 3.8) is 0 Å². The maximum atomic E-state index is 12.6. The summed E-state index contributed by atoms with van der Waals surface area (Å²) >= 11 is 0. The molecule has 1 saturated carbocycles. The van der Waals surface area contributed by atoms with Crippen LogP contribution in [0.2, 0.25) is 0 Å². The number of benzene rings is 1. The van der Waals surface area contributed by atoms with Gasteiger partial charge in [0.05, 0.1) is 5.56 Å². The average molecular weight is 353 g/mol. The van der Waals surface area contributed by atoms with Crippen molar-refractivity contribution in [2.24, 2.45) is 0 Å². The van der Waals surface area contributed by atoms with Crippen molar-refractivity contribution in [2.45, 2.75) is 31.6 Å². The zero-order valence-corrected chi connectivity index (χ0v) is 12.9. The summed E-state index contributed by atoms with van der Waals surface area (Å²) in [5.74, 6) is -2.19. The Kier molecular flexibility index (Phi) is 4.28. The lowest BCUT2D eigenvalue weighted by Crippen LogP contribution is -2.32. The number of carboxylic acids is 1. The maximum Gasteiger partial charge on any atom is 0.416 e. The van der Waals surface area contributed by atoms with Gasteiger partial charge in [-0.25, -0.2) is 4.79 Å². The van der Waals surface area contributed by atoms with E-state index in [0.717, 1.165) is 25.0 Å². The Labute approximate surface area is 140 Å². The molecule has 1 N–H and O–H groups in total. The van der Waals surface area contributed by atoms with E-state index in [4.69, 9.17) is 9.52 Å². The van der Waals surface area contributed by atoms with Gasteiger partial charge in [0, 0.05) is 12.6 Å². The van der Waals surface area contributed by atoms with Gasteiger partial charge in [0.15, 0.2) is 5.76 Å². The van der Waals surface area contributed by atoms with E-state index >= 15 is 0 Å². The van der Waals surface area contributed by atoms with Gasteiger partial charge in [-0.3, -0.25) is 4.79 Å². The number of halogens is 3. The summed E-state index contributed by atoms with van der Waals surface area (Å²) in [5.41, 5.74) is -0.198. The van der Waals surface area contributed by atoms with Crippen molar-refractivity contribution >= 4 is 11.9 Å². The molecule has 1 aliphatic rings. The van der Waals surface area contributed by atoms with E-state index in [0.29, 0.717) is 5.56 Å². The molecule has 5 nitrogen and oxygen atoms in total. The number of aromatic carboxylic acids is 1. The smallest absolute Gasteiger partial charge is 0.416 e. The number of amides is 1. The minimum Gasteiger partial charge on any atom is -0.475 e. The monoisotopic (exact) mass is 353 g/mol. The molecule has 0 bridgehead atoms. The van der Waals surface area contributed by atoms with Crippen LogP contribution in [0.3, 0.4) is 0 Å². The van der Waals surface area contributed by atoms with Crippen LogP contribution in [0.4, 0.5) is 13.2 Å². The van der Waals surface area contributed by atoms with E-state index in [2.05, 4.69) is 0 Å². The zero-order valence-electron chi connectivity index (χ0n) is 12.9. The molecule has 132 valence electrons. The van der Waals surface area contributed by atoms with Crippen molar-refractivity contribution in [3.8, 4) is 0 Å². The van der Waals surface area contributed by atoms with Gasteiger partial charge in [0.1, 0.15) is 0 Å². The predicted octanol–water partition coefficient (Wildman–Crippen LogP) is 3.80. The van der Waals surface area contributed by atoms with E-state index in [1.807, 2.05) is 0 Å². The van der Waals surface area contributed by atoms with Gasteiger partial charge in [-0.15, -0.1) is 0 Å². The number of carbonyl (C=O) groups is 2. The highest BCUT2D eigenvalue weighted by Gasteiger charge is 2.35. The Balaban J connectivity index is 1.77. The fraction of sp³-hybridized carbons (Fsp3) is 0.294. The summed E-state index contributed by atoms with van der Waals surface area (Å²) in [7, 11) is 0. The van der Waals surface area contributed by atoms with Crippen LogP contribution in [-0.4, -0.2) is 27.9 Å². The van der Waals surface area contributed by atoms with Crippen LogP contribution in [-0.2, 0) is 12.7 Å². The molecular weight excluding hydrogens is 339 g/mol. The fourth-order valence-corrected chi connectivity index (χ4v) is 2.46. The standard InChI is InChI=1S/C17H14F3NO4/c18-17(19,20)11-3-1-10(2-4-11)9-21(12-5-6-12)15(22)13-7-8-14(25-13)16(23)24/h1-4,7-8,12H,5-6,9H2,(H,23,24). The molecule has 1 heterocycles. The highest BCUT2D eigenvalue weighted by molar-refractivity contribution is 5.93. The first-order chi connectivity index (χ1) is 11.8. The number of nitrogens with zero attached hydrogens (tertiary/aromatic N) is 1. The average Bonchev–Trinajstić information content (AvgIpc) is 3.26. The lowest BCUT2D eigenvalue weighted by atomic mass is 10.1. The third-order valence-electron chi connectivity index (χ3n) is 3.91. The summed E-state index contributed by atoms with van der Waals surface area (Å²) in [4.78, 5) is 24.9. The lowest BCUT2D eigenvalue weighted by molar-refractivity contribution is -0.137. The molecular formula is C17H14F3NO4. The van der Waals surface area contributed by atoms with E-state index in [9.17, 15) is 22.8 Å². The molecule has 1 fully saturated rings. The Hall–Kier alpha value is -2.77. The van der Waals surface area contributed by atoms with Crippen molar-refractivity contribution in [1.82, 2.24) is 4.90 Å². The normalized spacial score (nSPS) is 14.4. The molecule has 0 spiro atoms. The van der Waals surface area contributed by atoms with Crippen LogP contribution in [0, 0.1) is 0 Å². The van der Waals surface area contributed by atoms with Crippen LogP contribution in [0.25, 0.3) is 0 Å². The molecule has 0 atom stereocenters. The van der Waals surface area contributed by atoms with Crippen molar-refractivity contribution in [2.75, 3.05) is 0 Å². The Morgan fingerprint density at radius 2 is 1.68 bits per heavy atom. The van der Waals surface area contributed by atoms with E-state index in [-0.39, 0.29) is 24.1 Å². The topological polar surface area (TPSA) is 70.8 Å². The molecule has 2 aromatic rings. The van der Waals surface area contributed by atoms with E-state index in [1.54, 1.807) is 0 Å². The predicted molar refractivity (Wildman–Crippen MR) is 80.0 cm³/mol. The summed E-state index contributed by atoms with van der Waals surface area (Å²) in [5, 5.41) is 8.86.